The maximum Gasteiger partial charge on any atom is 0.416 e. The van der Waals surface area contributed by atoms with Crippen LogP contribution in [-0.2, 0) is 17.4 Å². The molecule has 128 valence electrons. The van der Waals surface area contributed by atoms with E-state index in [0.29, 0.717) is 23.8 Å². The standard InChI is InChI=1S/C16H15F3N2O2S/c17-16(18,19)12-3-1-11(2-4-12)9-14(22)21-7-5-13(10-21)23-15-20-6-8-24-15/h1-4,6,8,13H,5,7,9-10H2. The van der Waals surface area contributed by atoms with Crippen LogP contribution in [0.2, 0.25) is 0 Å². The number of halogens is 3. The number of hydrogen-bond acceptors (Lipinski definition) is 4. The summed E-state index contributed by atoms with van der Waals surface area (Å²) in [6.07, 6.45) is -1.99. The van der Waals surface area contributed by atoms with Gasteiger partial charge in [0.05, 0.1) is 18.5 Å². The van der Waals surface area contributed by atoms with Gasteiger partial charge < -0.3 is 9.64 Å². The molecule has 1 aliphatic heterocycles. The lowest BCUT2D eigenvalue weighted by Crippen LogP contribution is -2.32. The second kappa shape index (κ2) is 6.80. The Morgan fingerprint density at radius 1 is 1.33 bits per heavy atom. The number of nitrogens with zero attached hydrogens (tertiary/aromatic N) is 2. The summed E-state index contributed by atoms with van der Waals surface area (Å²) >= 11 is 1.40. The average Bonchev–Trinajstić information content (AvgIpc) is 3.19. The molecule has 2 aromatic rings. The summed E-state index contributed by atoms with van der Waals surface area (Å²) in [5.74, 6) is -0.111. The van der Waals surface area contributed by atoms with Gasteiger partial charge in [-0.15, -0.1) is 0 Å². The Hall–Kier alpha value is -2.09. The van der Waals surface area contributed by atoms with E-state index in [0.717, 1.165) is 18.6 Å². The van der Waals surface area contributed by atoms with Gasteiger partial charge in [-0.3, -0.25) is 4.79 Å². The van der Waals surface area contributed by atoms with Crippen molar-refractivity contribution in [3.63, 3.8) is 0 Å². The Morgan fingerprint density at radius 2 is 2.08 bits per heavy atom. The second-order valence-electron chi connectivity index (χ2n) is 5.54. The molecule has 1 amide bonds. The zero-order chi connectivity index (χ0) is 17.2. The van der Waals surface area contributed by atoms with Gasteiger partial charge in [-0.05, 0) is 17.7 Å². The number of carbonyl (C=O) groups is 1. The summed E-state index contributed by atoms with van der Waals surface area (Å²) in [6.45, 7) is 1.05. The van der Waals surface area contributed by atoms with Crippen LogP contribution in [0.4, 0.5) is 13.2 Å². The lowest BCUT2D eigenvalue weighted by molar-refractivity contribution is -0.137. The Bertz CT molecular complexity index is 686. The maximum absolute atomic E-state index is 12.5. The van der Waals surface area contributed by atoms with E-state index in [2.05, 4.69) is 4.98 Å². The molecule has 0 aliphatic carbocycles. The van der Waals surface area contributed by atoms with Gasteiger partial charge in [0.1, 0.15) is 6.10 Å². The molecule has 1 saturated heterocycles. The molecule has 1 fully saturated rings. The highest BCUT2D eigenvalue weighted by Gasteiger charge is 2.31. The molecular formula is C16H15F3N2O2S. The lowest BCUT2D eigenvalue weighted by atomic mass is 10.1. The van der Waals surface area contributed by atoms with E-state index in [9.17, 15) is 18.0 Å². The summed E-state index contributed by atoms with van der Waals surface area (Å²) in [5.41, 5.74) is -0.144. The molecule has 0 bridgehead atoms. The number of rotatable bonds is 4. The van der Waals surface area contributed by atoms with Gasteiger partial charge in [0, 0.05) is 24.5 Å². The predicted octanol–water partition coefficient (Wildman–Crippen LogP) is 3.38. The molecular weight excluding hydrogens is 341 g/mol. The first kappa shape index (κ1) is 16.8. The molecule has 1 unspecified atom stereocenters. The molecule has 1 aliphatic rings. The Labute approximate surface area is 140 Å². The second-order valence-corrected chi connectivity index (χ2v) is 6.39. The van der Waals surface area contributed by atoms with Crippen LogP contribution in [0.3, 0.4) is 0 Å². The van der Waals surface area contributed by atoms with Crippen molar-refractivity contribution in [3.05, 3.63) is 47.0 Å². The maximum atomic E-state index is 12.5. The molecule has 2 heterocycles. The number of likely N-dealkylation sites (tertiary alicyclic amines) is 1. The molecule has 0 radical (unpaired) electrons. The normalized spacial score (nSPS) is 18.0. The zero-order valence-corrected chi connectivity index (χ0v) is 13.4. The van der Waals surface area contributed by atoms with Crippen LogP contribution in [-0.4, -0.2) is 35.0 Å². The molecule has 1 atom stereocenters. The van der Waals surface area contributed by atoms with Crippen molar-refractivity contribution in [2.24, 2.45) is 0 Å². The third-order valence-corrected chi connectivity index (χ3v) is 4.47. The van der Waals surface area contributed by atoms with Gasteiger partial charge in [0.25, 0.3) is 5.19 Å². The minimum Gasteiger partial charge on any atom is -0.465 e. The van der Waals surface area contributed by atoms with Crippen LogP contribution in [0.1, 0.15) is 17.5 Å². The van der Waals surface area contributed by atoms with Crippen molar-refractivity contribution in [3.8, 4) is 5.19 Å². The fourth-order valence-corrected chi connectivity index (χ4v) is 3.11. The molecule has 0 N–H and O–H groups in total. The first-order valence-corrected chi connectivity index (χ1v) is 8.30. The lowest BCUT2D eigenvalue weighted by Gasteiger charge is -2.16. The van der Waals surface area contributed by atoms with Crippen LogP contribution < -0.4 is 4.74 Å². The fourth-order valence-electron chi connectivity index (χ4n) is 2.56. The van der Waals surface area contributed by atoms with Crippen molar-refractivity contribution in [2.75, 3.05) is 13.1 Å². The molecule has 4 nitrogen and oxygen atoms in total. The number of hydrogen-bond donors (Lipinski definition) is 0. The minimum atomic E-state index is -4.36. The topological polar surface area (TPSA) is 42.4 Å². The number of carbonyl (C=O) groups excluding carboxylic acids is 1. The third-order valence-electron chi connectivity index (χ3n) is 3.81. The van der Waals surface area contributed by atoms with Crippen LogP contribution in [0.5, 0.6) is 5.19 Å². The SMILES string of the molecule is O=C(Cc1ccc(C(F)(F)F)cc1)N1CCC(Oc2nccs2)C1. The summed E-state index contributed by atoms with van der Waals surface area (Å²) in [5, 5.41) is 2.40. The number of aromatic nitrogens is 1. The van der Waals surface area contributed by atoms with Crippen molar-refractivity contribution >= 4 is 17.2 Å². The smallest absolute Gasteiger partial charge is 0.416 e. The highest BCUT2D eigenvalue weighted by Crippen LogP contribution is 2.29. The summed E-state index contributed by atoms with van der Waals surface area (Å²) < 4.78 is 43.3. The van der Waals surface area contributed by atoms with Crippen molar-refractivity contribution in [1.82, 2.24) is 9.88 Å². The van der Waals surface area contributed by atoms with Gasteiger partial charge in [-0.2, -0.15) is 13.2 Å². The van der Waals surface area contributed by atoms with E-state index in [-0.39, 0.29) is 18.4 Å². The quantitative estimate of drug-likeness (QED) is 0.843. The average molecular weight is 356 g/mol. The van der Waals surface area contributed by atoms with Crippen molar-refractivity contribution in [1.29, 1.82) is 0 Å². The highest BCUT2D eigenvalue weighted by atomic mass is 32.1. The molecule has 0 spiro atoms. The van der Waals surface area contributed by atoms with Crippen molar-refractivity contribution < 1.29 is 22.7 Å². The van der Waals surface area contributed by atoms with Crippen LogP contribution in [0, 0.1) is 0 Å². The molecule has 1 aromatic heterocycles. The van der Waals surface area contributed by atoms with Gasteiger partial charge in [-0.1, -0.05) is 23.5 Å². The summed E-state index contributed by atoms with van der Waals surface area (Å²) in [6, 6.07) is 4.70. The van der Waals surface area contributed by atoms with Crippen molar-refractivity contribution in [2.45, 2.75) is 25.1 Å². The molecule has 8 heteroatoms. The van der Waals surface area contributed by atoms with Crippen LogP contribution >= 0.6 is 11.3 Å². The van der Waals surface area contributed by atoms with E-state index in [4.69, 9.17) is 4.74 Å². The number of alkyl halides is 3. The van der Waals surface area contributed by atoms with E-state index in [1.54, 1.807) is 11.1 Å². The zero-order valence-electron chi connectivity index (χ0n) is 12.6. The molecule has 24 heavy (non-hydrogen) atoms. The largest absolute Gasteiger partial charge is 0.465 e. The minimum absolute atomic E-state index is 0.0854. The highest BCUT2D eigenvalue weighted by molar-refractivity contribution is 7.11. The Kier molecular flexibility index (Phi) is 4.75. The van der Waals surface area contributed by atoms with Crippen LogP contribution in [0.15, 0.2) is 35.8 Å². The molecule has 3 rings (SSSR count). The molecule has 1 aromatic carbocycles. The van der Waals surface area contributed by atoms with E-state index in [1.807, 2.05) is 5.38 Å². The number of amides is 1. The Balaban J connectivity index is 1.54. The number of thiazole rings is 1. The van der Waals surface area contributed by atoms with Gasteiger partial charge in [0.15, 0.2) is 0 Å². The van der Waals surface area contributed by atoms with Crippen LogP contribution in [0.25, 0.3) is 0 Å². The third kappa shape index (κ3) is 4.05. The summed E-state index contributed by atoms with van der Waals surface area (Å²) in [4.78, 5) is 18.0. The number of ether oxygens (including phenoxy) is 1. The van der Waals surface area contributed by atoms with Gasteiger partial charge in [0.2, 0.25) is 5.91 Å². The Morgan fingerprint density at radius 3 is 2.71 bits per heavy atom. The van der Waals surface area contributed by atoms with Gasteiger partial charge in [-0.25, -0.2) is 4.98 Å². The first-order valence-electron chi connectivity index (χ1n) is 7.42. The van der Waals surface area contributed by atoms with Gasteiger partial charge >= 0.3 is 6.18 Å². The van der Waals surface area contributed by atoms with E-state index >= 15 is 0 Å². The molecule has 0 saturated carbocycles. The van der Waals surface area contributed by atoms with E-state index < -0.39 is 11.7 Å². The first-order chi connectivity index (χ1) is 11.4. The predicted molar refractivity (Wildman–Crippen MR) is 82.9 cm³/mol. The fraction of sp³-hybridized carbons (Fsp3) is 0.375. The number of benzene rings is 1. The summed E-state index contributed by atoms with van der Waals surface area (Å²) in [7, 11) is 0. The van der Waals surface area contributed by atoms with E-state index in [1.165, 1.54) is 23.5 Å². The monoisotopic (exact) mass is 356 g/mol.